The Morgan fingerprint density at radius 2 is 1.88 bits per heavy atom. The molecule has 0 bridgehead atoms. The molecule has 1 N–H and O–H groups in total. The Balaban J connectivity index is 1.84. The highest BCUT2D eigenvalue weighted by atomic mass is 79.9. The summed E-state index contributed by atoms with van der Waals surface area (Å²) in [6.07, 6.45) is 0.723. The van der Waals surface area contributed by atoms with E-state index in [0.717, 1.165) is 12.8 Å². The third kappa shape index (κ3) is 4.00. The second-order valence-electron chi connectivity index (χ2n) is 5.60. The first-order valence-electron chi connectivity index (χ1n) is 7.56. The summed E-state index contributed by atoms with van der Waals surface area (Å²) in [5.41, 5.74) is 0.323. The minimum atomic E-state index is -1.11. The molecule has 0 aliphatic heterocycles. The van der Waals surface area contributed by atoms with Gasteiger partial charge in [-0.25, -0.2) is 9.18 Å². The lowest BCUT2D eigenvalue weighted by Gasteiger charge is -2.18. The van der Waals surface area contributed by atoms with E-state index in [0.29, 0.717) is 10.0 Å². The van der Waals surface area contributed by atoms with Gasteiger partial charge in [0.1, 0.15) is 5.82 Å². The van der Waals surface area contributed by atoms with Crippen LogP contribution in [0, 0.1) is 5.82 Å². The monoisotopic (exact) mass is 391 g/mol. The summed E-state index contributed by atoms with van der Waals surface area (Å²) < 4.78 is 19.8. The molecule has 0 unspecified atom stereocenters. The summed E-state index contributed by atoms with van der Waals surface area (Å²) in [5, 5.41) is 2.82. The molecule has 1 atom stereocenters. The summed E-state index contributed by atoms with van der Waals surface area (Å²) >= 11 is 3.19. The van der Waals surface area contributed by atoms with Crippen molar-refractivity contribution in [2.45, 2.75) is 25.0 Å². The third-order valence-electron chi connectivity index (χ3n) is 3.64. The maximum Gasteiger partial charge on any atom is 0.342 e. The number of rotatable bonds is 5. The van der Waals surface area contributed by atoms with E-state index >= 15 is 0 Å². The van der Waals surface area contributed by atoms with Crippen LogP contribution in [0.15, 0.2) is 53.0 Å². The van der Waals surface area contributed by atoms with Crippen LogP contribution in [-0.4, -0.2) is 17.9 Å². The summed E-state index contributed by atoms with van der Waals surface area (Å²) in [7, 11) is 0. The average molecular weight is 392 g/mol. The Labute approximate surface area is 147 Å². The first-order chi connectivity index (χ1) is 11.5. The van der Waals surface area contributed by atoms with Crippen LogP contribution in [0.3, 0.4) is 0 Å². The van der Waals surface area contributed by atoms with Crippen LogP contribution in [0.2, 0.25) is 0 Å². The van der Waals surface area contributed by atoms with Crippen LogP contribution in [0.5, 0.6) is 0 Å². The van der Waals surface area contributed by atoms with Crippen molar-refractivity contribution in [2.24, 2.45) is 0 Å². The second kappa shape index (κ2) is 7.13. The number of carbonyl (C=O) groups is 2. The van der Waals surface area contributed by atoms with Crippen molar-refractivity contribution in [1.82, 2.24) is 5.32 Å². The molecule has 0 spiro atoms. The molecule has 6 heteroatoms. The molecule has 1 aliphatic carbocycles. The number of nitrogens with one attached hydrogen (secondary N) is 1. The van der Waals surface area contributed by atoms with Gasteiger partial charge in [-0.1, -0.05) is 46.3 Å². The zero-order valence-corrected chi connectivity index (χ0v) is 14.3. The summed E-state index contributed by atoms with van der Waals surface area (Å²) in [4.78, 5) is 24.8. The van der Waals surface area contributed by atoms with Gasteiger partial charge in [-0.2, -0.15) is 0 Å². The quantitative estimate of drug-likeness (QED) is 0.789. The predicted octanol–water partition coefficient (Wildman–Crippen LogP) is 3.76. The summed E-state index contributed by atoms with van der Waals surface area (Å²) in [6.45, 7) is 0. The van der Waals surface area contributed by atoms with E-state index in [1.807, 2.05) is 0 Å². The second-order valence-corrected chi connectivity index (χ2v) is 6.52. The number of carbonyl (C=O) groups excluding carboxylic acids is 2. The van der Waals surface area contributed by atoms with E-state index in [-0.39, 0.29) is 11.6 Å². The molecule has 1 amide bonds. The Bertz CT molecular complexity index is 762. The lowest BCUT2D eigenvalue weighted by Crippen LogP contribution is -2.33. The van der Waals surface area contributed by atoms with Crippen LogP contribution in [0.1, 0.15) is 34.9 Å². The van der Waals surface area contributed by atoms with Gasteiger partial charge in [0.05, 0.1) is 5.56 Å². The third-order valence-corrected chi connectivity index (χ3v) is 4.13. The van der Waals surface area contributed by atoms with E-state index in [1.165, 1.54) is 18.2 Å². The van der Waals surface area contributed by atoms with Crippen LogP contribution < -0.4 is 5.32 Å². The number of halogens is 2. The van der Waals surface area contributed by atoms with E-state index in [1.54, 1.807) is 30.3 Å². The Kier molecular flexibility index (Phi) is 4.94. The number of hydrogen-bond acceptors (Lipinski definition) is 3. The fourth-order valence-electron chi connectivity index (χ4n) is 2.23. The molecule has 124 valence electrons. The Morgan fingerprint density at radius 1 is 1.17 bits per heavy atom. The standard InChI is InChI=1S/C18H15BrFNO3/c19-12-6-9-15(20)14(10-12)18(23)24-16(11-4-2-1-3-5-11)17(22)21-13-7-8-13/h1-6,9-10,13,16H,7-8H2,(H,21,22)/t16-/m0/s1. The van der Waals surface area contributed by atoms with Gasteiger partial charge in [-0.15, -0.1) is 0 Å². The summed E-state index contributed by atoms with van der Waals surface area (Å²) in [5.74, 6) is -1.97. The number of ether oxygens (including phenoxy) is 1. The van der Waals surface area contributed by atoms with Crippen molar-refractivity contribution in [2.75, 3.05) is 0 Å². The number of amides is 1. The van der Waals surface area contributed by atoms with E-state index in [9.17, 15) is 14.0 Å². The van der Waals surface area contributed by atoms with Crippen molar-refractivity contribution in [1.29, 1.82) is 0 Å². The van der Waals surface area contributed by atoms with Crippen LogP contribution in [-0.2, 0) is 9.53 Å². The minimum Gasteiger partial charge on any atom is -0.444 e. The van der Waals surface area contributed by atoms with E-state index < -0.39 is 23.8 Å². The SMILES string of the molecule is O=C(O[C@H](C(=O)NC1CC1)c1ccccc1)c1cc(Br)ccc1F. The molecule has 4 nitrogen and oxygen atoms in total. The van der Waals surface area contributed by atoms with Gasteiger partial charge in [-0.05, 0) is 31.0 Å². The zero-order chi connectivity index (χ0) is 17.1. The normalized spacial score (nSPS) is 14.8. The number of hydrogen-bond donors (Lipinski definition) is 1. The zero-order valence-electron chi connectivity index (χ0n) is 12.7. The highest BCUT2D eigenvalue weighted by Crippen LogP contribution is 2.25. The van der Waals surface area contributed by atoms with Gasteiger partial charge < -0.3 is 10.1 Å². The maximum atomic E-state index is 13.9. The first-order valence-corrected chi connectivity index (χ1v) is 8.35. The number of benzene rings is 2. The van der Waals surface area contributed by atoms with Crippen molar-refractivity contribution in [3.8, 4) is 0 Å². The van der Waals surface area contributed by atoms with E-state index in [2.05, 4.69) is 21.2 Å². The molecule has 1 saturated carbocycles. The van der Waals surface area contributed by atoms with Crippen molar-refractivity contribution in [3.63, 3.8) is 0 Å². The molecule has 3 rings (SSSR count). The lowest BCUT2D eigenvalue weighted by molar-refractivity contribution is -0.130. The molecular weight excluding hydrogens is 377 g/mol. The van der Waals surface area contributed by atoms with Gasteiger partial charge in [-0.3, -0.25) is 4.79 Å². The van der Waals surface area contributed by atoms with Crippen LogP contribution in [0.4, 0.5) is 4.39 Å². The molecule has 1 fully saturated rings. The maximum absolute atomic E-state index is 13.9. The average Bonchev–Trinajstić information content (AvgIpc) is 3.39. The molecule has 2 aromatic carbocycles. The topological polar surface area (TPSA) is 55.4 Å². The summed E-state index contributed by atoms with van der Waals surface area (Å²) in [6, 6.07) is 12.8. The van der Waals surface area contributed by atoms with Crippen molar-refractivity contribution >= 4 is 27.8 Å². The highest BCUT2D eigenvalue weighted by molar-refractivity contribution is 9.10. The predicted molar refractivity (Wildman–Crippen MR) is 89.9 cm³/mol. The fourth-order valence-corrected chi connectivity index (χ4v) is 2.59. The first kappa shape index (κ1) is 16.6. The molecular formula is C18H15BrFNO3. The lowest BCUT2D eigenvalue weighted by atomic mass is 10.1. The van der Waals surface area contributed by atoms with Crippen LogP contribution in [0.25, 0.3) is 0 Å². The smallest absolute Gasteiger partial charge is 0.342 e. The highest BCUT2D eigenvalue weighted by Gasteiger charge is 2.31. The van der Waals surface area contributed by atoms with Gasteiger partial charge in [0.15, 0.2) is 0 Å². The molecule has 1 aliphatic rings. The van der Waals surface area contributed by atoms with Gasteiger partial charge >= 0.3 is 5.97 Å². The largest absolute Gasteiger partial charge is 0.444 e. The molecule has 0 heterocycles. The van der Waals surface area contributed by atoms with E-state index in [4.69, 9.17) is 4.74 Å². The molecule has 0 radical (unpaired) electrons. The van der Waals surface area contributed by atoms with Crippen molar-refractivity contribution in [3.05, 3.63) is 69.9 Å². The minimum absolute atomic E-state index is 0.130. The Hall–Kier alpha value is -2.21. The van der Waals surface area contributed by atoms with Gasteiger partial charge in [0.2, 0.25) is 6.10 Å². The van der Waals surface area contributed by atoms with Gasteiger partial charge in [0, 0.05) is 16.1 Å². The molecule has 0 saturated heterocycles. The number of esters is 1. The molecule has 2 aromatic rings. The van der Waals surface area contributed by atoms with Crippen LogP contribution >= 0.6 is 15.9 Å². The van der Waals surface area contributed by atoms with Gasteiger partial charge in [0.25, 0.3) is 5.91 Å². The molecule has 0 aromatic heterocycles. The molecule has 24 heavy (non-hydrogen) atoms. The Morgan fingerprint density at radius 3 is 2.54 bits per heavy atom. The fraction of sp³-hybridized carbons (Fsp3) is 0.222. The van der Waals surface area contributed by atoms with Crippen molar-refractivity contribution < 1.29 is 18.7 Å².